The van der Waals surface area contributed by atoms with Crippen LogP contribution in [0.2, 0.25) is 0 Å². The van der Waals surface area contributed by atoms with Crippen molar-refractivity contribution in [2.24, 2.45) is 7.05 Å². The molecule has 0 atom stereocenters. The third-order valence-electron chi connectivity index (χ3n) is 2.31. The van der Waals surface area contributed by atoms with Gasteiger partial charge in [0.25, 0.3) is 0 Å². The summed E-state index contributed by atoms with van der Waals surface area (Å²) in [6.45, 7) is 0. The van der Waals surface area contributed by atoms with E-state index in [-0.39, 0.29) is 18.9 Å². The van der Waals surface area contributed by atoms with Crippen LogP contribution in [0.4, 0.5) is 0 Å². The summed E-state index contributed by atoms with van der Waals surface area (Å²) in [5.41, 5.74) is 4.62. The molecule has 3 aromatic rings. The van der Waals surface area contributed by atoms with E-state index < -0.39 is 0 Å². The average molecular weight is 249 g/mol. The van der Waals surface area contributed by atoms with E-state index in [2.05, 4.69) is 25.8 Å². The number of hydrogen-bond acceptors (Lipinski definition) is 5. The first kappa shape index (κ1) is 13.0. The topological polar surface area (TPSA) is 56.5 Å². The Balaban J connectivity index is 0.00000120. The Kier molecular flexibility index (Phi) is 3.92. The molecular formula is C11H8LiN5S. The molecule has 0 aliphatic rings. The number of nitrogens with zero attached hydrogens (tertiary/aromatic N) is 5. The molecular weight excluding hydrogens is 241 g/mol. The molecule has 2 aromatic heterocycles. The molecule has 0 spiro atoms. The van der Waals surface area contributed by atoms with Crippen molar-refractivity contribution in [1.82, 2.24) is 25.2 Å². The molecule has 0 bridgehead atoms. The number of tetrazole rings is 1. The van der Waals surface area contributed by atoms with Crippen molar-refractivity contribution in [2.45, 2.75) is 0 Å². The Bertz CT molecular complexity index is 617. The summed E-state index contributed by atoms with van der Waals surface area (Å²) in [6.07, 6.45) is 0. The molecule has 0 aliphatic carbocycles. The molecule has 3 rings (SSSR count). The van der Waals surface area contributed by atoms with Crippen molar-refractivity contribution >= 4 is 11.3 Å². The largest absolute Gasteiger partial charge is 1.00 e. The van der Waals surface area contributed by atoms with Crippen molar-refractivity contribution in [3.8, 4) is 22.6 Å². The first-order chi connectivity index (χ1) is 8.33. The van der Waals surface area contributed by atoms with E-state index in [0.29, 0.717) is 5.82 Å². The Morgan fingerprint density at radius 1 is 1.17 bits per heavy atom. The van der Waals surface area contributed by atoms with Crippen LogP contribution >= 0.6 is 11.3 Å². The molecule has 0 saturated carbocycles. The molecule has 5 nitrogen and oxygen atoms in total. The van der Waals surface area contributed by atoms with Gasteiger partial charge in [-0.3, -0.25) is 11.3 Å². The van der Waals surface area contributed by atoms with Gasteiger partial charge >= 0.3 is 18.9 Å². The zero-order chi connectivity index (χ0) is 11.7. The van der Waals surface area contributed by atoms with Gasteiger partial charge in [0.1, 0.15) is 0 Å². The Labute approximate surface area is 120 Å². The van der Waals surface area contributed by atoms with Crippen molar-refractivity contribution < 1.29 is 18.9 Å². The SMILES string of the molecule is Cn1nnc(-c2ccc(-c3[c-]scn3)cc2)n1.[Li+]. The molecule has 0 aliphatic heterocycles. The monoisotopic (exact) mass is 249 g/mol. The van der Waals surface area contributed by atoms with Gasteiger partial charge in [0.2, 0.25) is 5.82 Å². The van der Waals surface area contributed by atoms with Crippen LogP contribution in [0, 0.1) is 5.38 Å². The predicted octanol–water partition coefficient (Wildman–Crippen LogP) is -1.20. The average Bonchev–Trinajstić information content (AvgIpc) is 3.00. The minimum absolute atomic E-state index is 0. The molecule has 84 valence electrons. The van der Waals surface area contributed by atoms with Crippen LogP contribution in [0.1, 0.15) is 0 Å². The van der Waals surface area contributed by atoms with Gasteiger partial charge in [-0.25, -0.2) is 0 Å². The molecule has 1 aromatic carbocycles. The van der Waals surface area contributed by atoms with Crippen molar-refractivity contribution in [1.29, 1.82) is 0 Å². The number of aryl methyl sites for hydroxylation is 1. The van der Waals surface area contributed by atoms with Crippen molar-refractivity contribution in [3.05, 3.63) is 35.2 Å². The van der Waals surface area contributed by atoms with E-state index in [1.54, 1.807) is 12.6 Å². The summed E-state index contributed by atoms with van der Waals surface area (Å²) < 4.78 is 0. The van der Waals surface area contributed by atoms with E-state index in [9.17, 15) is 0 Å². The molecule has 7 heteroatoms. The van der Waals surface area contributed by atoms with Gasteiger partial charge in [-0.15, -0.1) is 22.3 Å². The summed E-state index contributed by atoms with van der Waals surface area (Å²) in [5.74, 6) is 0.626. The predicted molar refractivity (Wildman–Crippen MR) is 64.2 cm³/mol. The van der Waals surface area contributed by atoms with E-state index in [1.807, 2.05) is 24.3 Å². The summed E-state index contributed by atoms with van der Waals surface area (Å²) in [6, 6.07) is 7.88. The van der Waals surface area contributed by atoms with Crippen LogP contribution < -0.4 is 18.9 Å². The van der Waals surface area contributed by atoms with Gasteiger partial charge in [0.15, 0.2) is 0 Å². The fourth-order valence-electron chi connectivity index (χ4n) is 1.50. The van der Waals surface area contributed by atoms with Crippen LogP contribution in [0.25, 0.3) is 22.6 Å². The number of hydrogen-bond donors (Lipinski definition) is 0. The van der Waals surface area contributed by atoms with Crippen molar-refractivity contribution in [2.75, 3.05) is 0 Å². The van der Waals surface area contributed by atoms with Crippen LogP contribution in [-0.2, 0) is 7.05 Å². The fourth-order valence-corrected chi connectivity index (χ4v) is 1.99. The molecule has 0 radical (unpaired) electrons. The maximum atomic E-state index is 4.21. The van der Waals surface area contributed by atoms with Crippen LogP contribution in [0.5, 0.6) is 0 Å². The van der Waals surface area contributed by atoms with Crippen molar-refractivity contribution in [3.63, 3.8) is 0 Å². The minimum atomic E-state index is 0. The smallest absolute Gasteiger partial charge is 0.335 e. The fraction of sp³-hybridized carbons (Fsp3) is 0.0909. The second-order valence-electron chi connectivity index (χ2n) is 3.48. The normalized spacial score (nSPS) is 10.1. The summed E-state index contributed by atoms with van der Waals surface area (Å²) >= 11 is 1.46. The second kappa shape index (κ2) is 5.44. The Morgan fingerprint density at radius 2 is 1.89 bits per heavy atom. The van der Waals surface area contributed by atoms with E-state index in [0.717, 1.165) is 16.8 Å². The van der Waals surface area contributed by atoms with Gasteiger partial charge in [-0.05, 0) is 16.4 Å². The number of rotatable bonds is 2. The Hall–Kier alpha value is -1.48. The number of benzene rings is 1. The minimum Gasteiger partial charge on any atom is -0.335 e. The molecule has 0 saturated heterocycles. The van der Waals surface area contributed by atoms with E-state index in [1.165, 1.54) is 16.1 Å². The van der Waals surface area contributed by atoms with Gasteiger partial charge < -0.3 is 4.98 Å². The van der Waals surface area contributed by atoms with Crippen LogP contribution in [0.3, 0.4) is 0 Å². The van der Waals surface area contributed by atoms with E-state index >= 15 is 0 Å². The molecule has 18 heavy (non-hydrogen) atoms. The summed E-state index contributed by atoms with van der Waals surface area (Å²) in [7, 11) is 1.75. The number of thiazole rings is 1. The maximum Gasteiger partial charge on any atom is 1.00 e. The van der Waals surface area contributed by atoms with Gasteiger partial charge in [-0.2, -0.15) is 4.80 Å². The second-order valence-corrected chi connectivity index (χ2v) is 4.13. The molecule has 0 unspecified atom stereocenters. The van der Waals surface area contributed by atoms with Gasteiger partial charge in [0, 0.05) is 5.56 Å². The zero-order valence-corrected chi connectivity index (χ0v) is 10.8. The van der Waals surface area contributed by atoms with Gasteiger partial charge in [-0.1, -0.05) is 23.1 Å². The molecule has 2 heterocycles. The first-order valence-corrected chi connectivity index (χ1v) is 5.87. The third kappa shape index (κ3) is 2.51. The standard InChI is InChI=1S/C11H8N5S.Li/c1-16-14-11(13-15-16)9-4-2-8(3-5-9)10-6-17-7-12-10;/h2-5,7H,1H3;/q-1;+1. The van der Waals surface area contributed by atoms with Crippen LogP contribution in [-0.4, -0.2) is 25.2 Å². The molecule has 0 N–H and O–H groups in total. The van der Waals surface area contributed by atoms with E-state index in [4.69, 9.17) is 0 Å². The molecule has 0 fully saturated rings. The number of aromatic nitrogens is 5. The molecule has 0 amide bonds. The van der Waals surface area contributed by atoms with Gasteiger partial charge in [0.05, 0.1) is 7.05 Å². The quantitative estimate of drug-likeness (QED) is 0.423. The summed E-state index contributed by atoms with van der Waals surface area (Å²) in [5, 5.41) is 15.0. The third-order valence-corrected chi connectivity index (χ3v) is 2.84. The Morgan fingerprint density at radius 3 is 2.44 bits per heavy atom. The summed E-state index contributed by atoms with van der Waals surface area (Å²) in [4.78, 5) is 5.65. The van der Waals surface area contributed by atoms with Crippen LogP contribution in [0.15, 0.2) is 29.8 Å². The zero-order valence-electron chi connectivity index (χ0n) is 10.0. The first-order valence-electron chi connectivity index (χ1n) is 4.99. The maximum absolute atomic E-state index is 4.21.